The Labute approximate surface area is 175 Å². The predicted octanol–water partition coefficient (Wildman–Crippen LogP) is 4.22. The standard InChI is InChI=1S/C22H26ClN3O3/c1-3-4-14-26-21(23)18(15(2)25-26)12-13-19(27)29-20(16-8-6-5-7-9-16)22(28)24-17-10-11-17/h5-9,12-13,17,20H,3-4,10-11,14H2,1-2H3,(H,24,28)/b13-12+/t20-/m0/s1. The van der Waals surface area contributed by atoms with Crippen molar-refractivity contribution in [1.82, 2.24) is 15.1 Å². The minimum atomic E-state index is -0.988. The molecule has 0 spiro atoms. The number of aromatic nitrogens is 2. The molecule has 1 aliphatic rings. The molecule has 1 aromatic carbocycles. The zero-order chi connectivity index (χ0) is 20.8. The van der Waals surface area contributed by atoms with Gasteiger partial charge in [-0.3, -0.25) is 9.48 Å². The van der Waals surface area contributed by atoms with Gasteiger partial charge in [-0.05, 0) is 32.3 Å². The van der Waals surface area contributed by atoms with Crippen molar-refractivity contribution in [3.63, 3.8) is 0 Å². The maximum absolute atomic E-state index is 12.6. The molecule has 1 N–H and O–H groups in total. The van der Waals surface area contributed by atoms with Crippen molar-refractivity contribution in [1.29, 1.82) is 0 Å². The minimum absolute atomic E-state index is 0.179. The highest BCUT2D eigenvalue weighted by atomic mass is 35.5. The third kappa shape index (κ3) is 5.70. The van der Waals surface area contributed by atoms with Crippen molar-refractivity contribution >= 4 is 29.6 Å². The molecule has 0 unspecified atom stereocenters. The number of ether oxygens (including phenoxy) is 1. The van der Waals surface area contributed by atoms with Gasteiger partial charge in [-0.1, -0.05) is 55.3 Å². The van der Waals surface area contributed by atoms with Gasteiger partial charge in [-0.2, -0.15) is 5.10 Å². The zero-order valence-electron chi connectivity index (χ0n) is 16.7. The Morgan fingerprint density at radius 3 is 2.72 bits per heavy atom. The highest BCUT2D eigenvalue weighted by Gasteiger charge is 2.30. The van der Waals surface area contributed by atoms with E-state index in [0.717, 1.165) is 37.9 Å². The molecule has 154 valence electrons. The number of nitrogens with zero attached hydrogens (tertiary/aromatic N) is 2. The van der Waals surface area contributed by atoms with E-state index in [-0.39, 0.29) is 11.9 Å². The summed E-state index contributed by atoms with van der Waals surface area (Å²) in [7, 11) is 0. The largest absolute Gasteiger partial charge is 0.444 e. The van der Waals surface area contributed by atoms with Crippen LogP contribution in [0.3, 0.4) is 0 Å². The third-order valence-electron chi connectivity index (χ3n) is 4.72. The second-order valence-electron chi connectivity index (χ2n) is 7.21. The molecule has 0 bridgehead atoms. The molecular weight excluding hydrogens is 390 g/mol. The fourth-order valence-electron chi connectivity index (χ4n) is 2.92. The van der Waals surface area contributed by atoms with E-state index in [2.05, 4.69) is 17.3 Å². The number of amides is 1. The molecule has 1 fully saturated rings. The zero-order valence-corrected chi connectivity index (χ0v) is 17.5. The monoisotopic (exact) mass is 415 g/mol. The van der Waals surface area contributed by atoms with Crippen molar-refractivity contribution in [2.75, 3.05) is 0 Å². The molecule has 1 saturated carbocycles. The Morgan fingerprint density at radius 1 is 1.34 bits per heavy atom. The van der Waals surface area contributed by atoms with Crippen molar-refractivity contribution < 1.29 is 14.3 Å². The molecule has 1 aromatic heterocycles. The number of unbranched alkanes of at least 4 members (excludes halogenated alkanes) is 1. The topological polar surface area (TPSA) is 73.2 Å². The van der Waals surface area contributed by atoms with E-state index in [4.69, 9.17) is 16.3 Å². The van der Waals surface area contributed by atoms with Crippen LogP contribution in [0.15, 0.2) is 36.4 Å². The van der Waals surface area contributed by atoms with Crippen molar-refractivity contribution in [3.8, 4) is 0 Å². The van der Waals surface area contributed by atoms with Crippen molar-refractivity contribution in [3.05, 3.63) is 58.4 Å². The first-order valence-corrected chi connectivity index (χ1v) is 10.3. The molecule has 0 aliphatic heterocycles. The van der Waals surface area contributed by atoms with E-state index in [1.54, 1.807) is 22.9 Å². The Kier molecular flexibility index (Phi) is 7.09. The number of carbonyl (C=O) groups excluding carboxylic acids is 2. The van der Waals surface area contributed by atoms with Gasteiger partial charge >= 0.3 is 5.97 Å². The first kappa shape index (κ1) is 21.1. The number of nitrogens with one attached hydrogen (secondary N) is 1. The van der Waals surface area contributed by atoms with Crippen LogP contribution in [0.2, 0.25) is 5.15 Å². The molecule has 6 nitrogen and oxygen atoms in total. The molecule has 29 heavy (non-hydrogen) atoms. The summed E-state index contributed by atoms with van der Waals surface area (Å²) in [6.45, 7) is 4.67. The Balaban J connectivity index is 1.71. The van der Waals surface area contributed by atoms with Crippen LogP contribution < -0.4 is 5.32 Å². The van der Waals surface area contributed by atoms with E-state index in [1.807, 2.05) is 25.1 Å². The van der Waals surface area contributed by atoms with Crippen LogP contribution in [-0.4, -0.2) is 27.7 Å². The van der Waals surface area contributed by atoms with E-state index in [9.17, 15) is 9.59 Å². The highest BCUT2D eigenvalue weighted by Crippen LogP contribution is 2.24. The van der Waals surface area contributed by atoms with Gasteiger partial charge in [0.1, 0.15) is 5.15 Å². The summed E-state index contributed by atoms with van der Waals surface area (Å²) in [5, 5.41) is 7.81. The number of aryl methyl sites for hydroxylation is 2. The molecule has 1 atom stereocenters. The van der Waals surface area contributed by atoms with Crippen LogP contribution in [0, 0.1) is 6.92 Å². The lowest BCUT2D eigenvalue weighted by atomic mass is 10.1. The molecule has 2 aromatic rings. The van der Waals surface area contributed by atoms with Crippen LogP contribution in [0.25, 0.3) is 6.08 Å². The molecule has 3 rings (SSSR count). The molecule has 1 heterocycles. The molecule has 0 radical (unpaired) electrons. The van der Waals surface area contributed by atoms with E-state index in [1.165, 1.54) is 6.08 Å². The molecule has 7 heteroatoms. The van der Waals surface area contributed by atoms with Crippen molar-refractivity contribution in [2.24, 2.45) is 0 Å². The van der Waals surface area contributed by atoms with Gasteiger partial charge in [-0.15, -0.1) is 0 Å². The van der Waals surface area contributed by atoms with Gasteiger partial charge in [-0.25, -0.2) is 4.79 Å². The van der Waals surface area contributed by atoms with Gasteiger partial charge in [0.15, 0.2) is 0 Å². The number of esters is 1. The predicted molar refractivity (Wildman–Crippen MR) is 112 cm³/mol. The van der Waals surface area contributed by atoms with E-state index >= 15 is 0 Å². The second-order valence-corrected chi connectivity index (χ2v) is 7.57. The van der Waals surface area contributed by atoms with Gasteiger partial charge in [0.2, 0.25) is 6.10 Å². The minimum Gasteiger partial charge on any atom is -0.444 e. The summed E-state index contributed by atoms with van der Waals surface area (Å²) in [5.74, 6) is -0.913. The SMILES string of the molecule is CCCCn1nc(C)c(/C=C/C(=O)O[C@H](C(=O)NC2CC2)c2ccccc2)c1Cl. The maximum Gasteiger partial charge on any atom is 0.331 e. The third-order valence-corrected chi connectivity index (χ3v) is 5.12. The summed E-state index contributed by atoms with van der Waals surface area (Å²) in [4.78, 5) is 25.0. The van der Waals surface area contributed by atoms with Crippen LogP contribution in [0.1, 0.15) is 55.5 Å². The molecule has 1 aliphatic carbocycles. The fourth-order valence-corrected chi connectivity index (χ4v) is 3.25. The quantitative estimate of drug-likeness (QED) is 0.491. The normalized spacial score (nSPS) is 14.7. The van der Waals surface area contributed by atoms with Gasteiger partial charge in [0, 0.05) is 29.8 Å². The van der Waals surface area contributed by atoms with Gasteiger partial charge in [0.05, 0.1) is 5.69 Å². The summed E-state index contributed by atoms with van der Waals surface area (Å²) in [5.41, 5.74) is 2.05. The number of hydrogen-bond acceptors (Lipinski definition) is 4. The molecule has 0 saturated heterocycles. The highest BCUT2D eigenvalue weighted by molar-refractivity contribution is 6.31. The Hall–Kier alpha value is -2.60. The Morgan fingerprint density at radius 2 is 2.07 bits per heavy atom. The molecule has 1 amide bonds. The average molecular weight is 416 g/mol. The van der Waals surface area contributed by atoms with Crippen LogP contribution in [-0.2, 0) is 20.9 Å². The van der Waals surface area contributed by atoms with E-state index in [0.29, 0.717) is 16.3 Å². The van der Waals surface area contributed by atoms with Crippen molar-refractivity contribution in [2.45, 2.75) is 58.2 Å². The summed E-state index contributed by atoms with van der Waals surface area (Å²) >= 11 is 6.40. The second kappa shape index (κ2) is 9.74. The first-order valence-electron chi connectivity index (χ1n) is 9.96. The Bertz CT molecular complexity index is 888. The summed E-state index contributed by atoms with van der Waals surface area (Å²) in [6, 6.07) is 9.19. The number of hydrogen-bond donors (Lipinski definition) is 1. The number of halogens is 1. The maximum atomic E-state index is 12.6. The number of rotatable bonds is 9. The first-order chi connectivity index (χ1) is 14.0. The lowest BCUT2D eigenvalue weighted by molar-refractivity contribution is -0.151. The average Bonchev–Trinajstić information content (AvgIpc) is 3.48. The summed E-state index contributed by atoms with van der Waals surface area (Å²) in [6.07, 6.45) is 5.83. The van der Waals surface area contributed by atoms with Crippen LogP contribution in [0.4, 0.5) is 0 Å². The van der Waals surface area contributed by atoms with Gasteiger partial charge < -0.3 is 10.1 Å². The lowest BCUT2D eigenvalue weighted by Gasteiger charge is -2.17. The fraction of sp³-hybridized carbons (Fsp3) is 0.409. The summed E-state index contributed by atoms with van der Waals surface area (Å²) < 4.78 is 7.23. The molecular formula is C22H26ClN3O3. The van der Waals surface area contributed by atoms with Gasteiger partial charge in [0.25, 0.3) is 5.91 Å². The van der Waals surface area contributed by atoms with Crippen LogP contribution in [0.5, 0.6) is 0 Å². The van der Waals surface area contributed by atoms with Crippen LogP contribution >= 0.6 is 11.6 Å². The number of carbonyl (C=O) groups is 2. The van der Waals surface area contributed by atoms with E-state index < -0.39 is 12.1 Å². The lowest BCUT2D eigenvalue weighted by Crippen LogP contribution is -2.33. The smallest absolute Gasteiger partial charge is 0.331 e. The number of benzene rings is 1.